The Bertz CT molecular complexity index is 945. The van der Waals surface area contributed by atoms with E-state index in [4.69, 9.17) is 11.6 Å². The fourth-order valence-corrected chi connectivity index (χ4v) is 4.99. The summed E-state index contributed by atoms with van der Waals surface area (Å²) in [5.41, 5.74) is 1.12. The summed E-state index contributed by atoms with van der Waals surface area (Å²) in [4.78, 5) is 12.0. The Labute approximate surface area is 144 Å². The number of carbonyl (C=O) groups excluding carboxylic acids is 1. The van der Waals surface area contributed by atoms with Crippen molar-refractivity contribution in [2.75, 3.05) is 28.3 Å². The summed E-state index contributed by atoms with van der Waals surface area (Å²) in [6.45, 7) is 0. The van der Waals surface area contributed by atoms with Crippen LogP contribution in [0.25, 0.3) is 4.91 Å². The number of quaternary nitrogens is 2. The highest BCUT2D eigenvalue weighted by molar-refractivity contribution is 7.95. The molecule has 24 heavy (non-hydrogen) atoms. The number of hydroxylamine groups is 2. The lowest BCUT2D eigenvalue weighted by Gasteiger charge is -2.30. The van der Waals surface area contributed by atoms with Crippen LogP contribution in [0.2, 0.25) is 5.02 Å². The standard InChI is InChI=1S/C15H17ClN2O5S/c1-17(2)11-6-5-9(16)7-10(11)14-12(17)8-13(15(19)23-4)18(3,20)24(14,21)22/h5-8,20H,1-4H3/q+2. The van der Waals surface area contributed by atoms with Crippen molar-refractivity contribution < 1.29 is 27.2 Å². The van der Waals surface area contributed by atoms with E-state index in [1.807, 2.05) is 0 Å². The molecule has 1 aromatic carbocycles. The van der Waals surface area contributed by atoms with Crippen LogP contribution in [0.1, 0.15) is 5.56 Å². The highest BCUT2D eigenvalue weighted by atomic mass is 35.5. The first-order chi connectivity index (χ1) is 11.0. The third-order valence-corrected chi connectivity index (χ3v) is 6.79. The molecule has 1 N–H and O–H groups in total. The van der Waals surface area contributed by atoms with Crippen LogP contribution in [0.4, 0.5) is 5.69 Å². The Balaban J connectivity index is 2.43. The summed E-state index contributed by atoms with van der Waals surface area (Å²) in [7, 11) is 1.42. The number of nitrogens with zero attached hydrogens (tertiary/aromatic N) is 2. The van der Waals surface area contributed by atoms with E-state index >= 15 is 0 Å². The molecule has 7 nitrogen and oxygen atoms in total. The van der Waals surface area contributed by atoms with Gasteiger partial charge in [0.05, 0.1) is 32.8 Å². The minimum atomic E-state index is -4.31. The Morgan fingerprint density at radius 1 is 1.25 bits per heavy atom. The number of sulfonamides is 1. The number of rotatable bonds is 1. The number of likely N-dealkylation sites (N-methyl/N-ethyl adjacent to an activating group) is 2. The van der Waals surface area contributed by atoms with Crippen LogP contribution in [-0.4, -0.2) is 51.9 Å². The fourth-order valence-electron chi connectivity index (χ4n) is 3.09. The van der Waals surface area contributed by atoms with Gasteiger partial charge in [-0.3, -0.25) is 4.48 Å². The number of esters is 1. The molecule has 0 fully saturated rings. The zero-order valence-electron chi connectivity index (χ0n) is 13.6. The van der Waals surface area contributed by atoms with E-state index in [-0.39, 0.29) is 15.1 Å². The quantitative estimate of drug-likeness (QED) is 0.601. The van der Waals surface area contributed by atoms with E-state index in [1.165, 1.54) is 6.08 Å². The van der Waals surface area contributed by atoms with Crippen molar-refractivity contribution in [2.24, 2.45) is 0 Å². The lowest BCUT2D eigenvalue weighted by molar-refractivity contribution is -0.948. The summed E-state index contributed by atoms with van der Waals surface area (Å²) in [6, 6.07) is 4.95. The molecule has 0 aliphatic carbocycles. The normalized spacial score (nSPS) is 26.5. The molecule has 1 aromatic rings. The van der Waals surface area contributed by atoms with Gasteiger partial charge in [0.1, 0.15) is 12.7 Å². The SMILES string of the molecule is COC(=O)C1=CC2=C(c3cc(Cl)ccc3[N+]2(C)C)S(=O)(=O)[N+]1(C)O. The molecule has 128 valence electrons. The largest absolute Gasteiger partial charge is 0.461 e. The highest BCUT2D eigenvalue weighted by Crippen LogP contribution is 2.51. The van der Waals surface area contributed by atoms with Crippen LogP contribution in [0.15, 0.2) is 35.7 Å². The van der Waals surface area contributed by atoms with Gasteiger partial charge < -0.3 is 4.74 Å². The molecule has 0 bridgehead atoms. The minimum absolute atomic E-state index is 0.0392. The Kier molecular flexibility index (Phi) is 3.50. The zero-order chi connectivity index (χ0) is 18.1. The monoisotopic (exact) mass is 372 g/mol. The molecule has 0 saturated heterocycles. The first-order valence-corrected chi connectivity index (χ1v) is 8.82. The molecule has 1 atom stereocenters. The van der Waals surface area contributed by atoms with Crippen LogP contribution in [0.5, 0.6) is 0 Å². The molecular weight excluding hydrogens is 356 g/mol. The summed E-state index contributed by atoms with van der Waals surface area (Å²) in [6.07, 6.45) is 1.37. The van der Waals surface area contributed by atoms with Crippen molar-refractivity contribution in [3.63, 3.8) is 0 Å². The lowest BCUT2D eigenvalue weighted by Crippen LogP contribution is -2.51. The third kappa shape index (κ3) is 1.95. The number of benzene rings is 1. The molecule has 0 spiro atoms. The number of fused-ring (bicyclic) bond motifs is 2. The molecule has 2 heterocycles. The average Bonchev–Trinajstić information content (AvgIpc) is 2.70. The molecule has 0 radical (unpaired) electrons. The minimum Gasteiger partial charge on any atom is -0.461 e. The summed E-state index contributed by atoms with van der Waals surface area (Å²) in [5, 5.41) is 11.0. The number of allylic oxidation sites excluding steroid dienone is 1. The molecule has 2 aliphatic heterocycles. The number of halogens is 1. The van der Waals surface area contributed by atoms with Crippen molar-refractivity contribution in [1.29, 1.82) is 0 Å². The van der Waals surface area contributed by atoms with Crippen molar-refractivity contribution in [3.05, 3.63) is 46.3 Å². The second-order valence-corrected chi connectivity index (χ2v) is 8.71. The molecule has 0 saturated carbocycles. The van der Waals surface area contributed by atoms with Crippen molar-refractivity contribution in [3.8, 4) is 0 Å². The average molecular weight is 373 g/mol. The maximum absolute atomic E-state index is 13.1. The second kappa shape index (κ2) is 4.90. The Morgan fingerprint density at radius 3 is 2.46 bits per heavy atom. The molecule has 9 heteroatoms. The summed E-state index contributed by atoms with van der Waals surface area (Å²) >= 11 is 6.03. The van der Waals surface area contributed by atoms with Crippen molar-refractivity contribution >= 4 is 38.2 Å². The van der Waals surface area contributed by atoms with E-state index < -0.39 is 20.0 Å². The number of methoxy groups -OCH3 is 1. The van der Waals surface area contributed by atoms with Gasteiger partial charge in [-0.25, -0.2) is 4.79 Å². The predicted octanol–water partition coefficient (Wildman–Crippen LogP) is 1.83. The first kappa shape index (κ1) is 17.1. The maximum atomic E-state index is 13.1. The zero-order valence-corrected chi connectivity index (χ0v) is 15.1. The van der Waals surface area contributed by atoms with Crippen LogP contribution in [0, 0.1) is 0 Å². The maximum Gasteiger partial charge on any atom is 0.397 e. The molecule has 3 rings (SSSR count). The molecular formula is C15H17ClN2O5S+2. The fraction of sp³-hybridized carbons (Fsp3) is 0.267. The van der Waals surface area contributed by atoms with Gasteiger partial charge in [-0.1, -0.05) is 11.6 Å². The molecule has 0 aromatic heterocycles. The summed E-state index contributed by atoms with van der Waals surface area (Å²) in [5.74, 6) is -0.913. The van der Waals surface area contributed by atoms with Crippen LogP contribution < -0.4 is 4.48 Å². The molecule has 1 unspecified atom stereocenters. The number of hydrogen-bond donors (Lipinski definition) is 1. The second-order valence-electron chi connectivity index (χ2n) is 6.20. The van der Waals surface area contributed by atoms with E-state index in [0.29, 0.717) is 22.0 Å². The number of ether oxygens (including phenoxy) is 1. The highest BCUT2D eigenvalue weighted by Gasteiger charge is 2.59. The van der Waals surface area contributed by atoms with Crippen LogP contribution in [0.3, 0.4) is 0 Å². The van der Waals surface area contributed by atoms with Gasteiger partial charge >= 0.3 is 16.0 Å². The van der Waals surface area contributed by atoms with E-state index in [0.717, 1.165) is 14.2 Å². The number of carbonyl (C=O) groups is 1. The van der Waals surface area contributed by atoms with Crippen molar-refractivity contribution in [1.82, 2.24) is 4.48 Å². The smallest absolute Gasteiger partial charge is 0.397 e. The molecule has 0 amide bonds. The Morgan fingerprint density at radius 2 is 1.88 bits per heavy atom. The van der Waals surface area contributed by atoms with Gasteiger partial charge in [-0.05, 0) is 16.2 Å². The number of hydrogen-bond acceptors (Lipinski definition) is 5. The van der Waals surface area contributed by atoms with E-state index in [1.54, 1.807) is 32.3 Å². The lowest BCUT2D eigenvalue weighted by atomic mass is 10.2. The van der Waals surface area contributed by atoms with Gasteiger partial charge in [0, 0.05) is 11.1 Å². The van der Waals surface area contributed by atoms with Crippen LogP contribution in [-0.2, 0) is 19.6 Å². The Hall–Kier alpha value is -1.71. The first-order valence-electron chi connectivity index (χ1n) is 7.00. The van der Waals surface area contributed by atoms with Crippen molar-refractivity contribution in [2.45, 2.75) is 0 Å². The van der Waals surface area contributed by atoms with E-state index in [9.17, 15) is 18.4 Å². The van der Waals surface area contributed by atoms with E-state index in [2.05, 4.69) is 4.74 Å². The van der Waals surface area contributed by atoms with Gasteiger partial charge in [-0.2, -0.15) is 13.6 Å². The van der Waals surface area contributed by atoms with Gasteiger partial charge in [-0.15, -0.1) is 0 Å². The summed E-state index contributed by atoms with van der Waals surface area (Å²) < 4.78 is 29.3. The van der Waals surface area contributed by atoms with Crippen LogP contribution >= 0.6 is 11.6 Å². The third-order valence-electron chi connectivity index (χ3n) is 4.48. The topological polar surface area (TPSA) is 80.7 Å². The van der Waals surface area contributed by atoms with Gasteiger partial charge in [0.15, 0.2) is 10.6 Å². The van der Waals surface area contributed by atoms with Gasteiger partial charge in [0.25, 0.3) is 5.70 Å². The predicted molar refractivity (Wildman–Crippen MR) is 89.0 cm³/mol. The van der Waals surface area contributed by atoms with Gasteiger partial charge in [0.2, 0.25) is 0 Å². The molecule has 2 aliphatic rings.